The van der Waals surface area contributed by atoms with E-state index < -0.39 is 15.6 Å². The molecule has 0 aliphatic heterocycles. The van der Waals surface area contributed by atoms with Crippen LogP contribution in [0, 0.1) is 6.92 Å². The van der Waals surface area contributed by atoms with Crippen molar-refractivity contribution in [3.8, 4) is 0 Å². The average molecular weight is 326 g/mol. The fourth-order valence-corrected chi connectivity index (χ4v) is 4.91. The number of nitrogens with one attached hydrogen (secondary N) is 1. The number of hydrogen-bond donors (Lipinski definition) is 2. The van der Waals surface area contributed by atoms with E-state index in [1.807, 2.05) is 6.07 Å². The van der Waals surface area contributed by atoms with Crippen LogP contribution >= 0.6 is 12.2 Å². The van der Waals surface area contributed by atoms with Gasteiger partial charge in [-0.3, -0.25) is 0 Å². The number of benzene rings is 1. The molecular weight excluding hydrogens is 304 g/mol. The molecule has 0 aromatic heterocycles. The summed E-state index contributed by atoms with van der Waals surface area (Å²) in [6, 6.07) is 6.95. The third-order valence-corrected chi connectivity index (χ3v) is 6.23. The van der Waals surface area contributed by atoms with Gasteiger partial charge in [0.1, 0.15) is 0 Å². The number of nitrogens with two attached hydrogens (primary N) is 1. The first-order valence-corrected chi connectivity index (χ1v) is 9.16. The van der Waals surface area contributed by atoms with Gasteiger partial charge in [0.15, 0.2) is 0 Å². The van der Waals surface area contributed by atoms with Crippen LogP contribution in [-0.2, 0) is 10.0 Å². The minimum absolute atomic E-state index is 0.251. The predicted molar refractivity (Wildman–Crippen MR) is 88.7 cm³/mol. The molecule has 4 nitrogen and oxygen atoms in total. The second-order valence-corrected chi connectivity index (χ2v) is 7.82. The Morgan fingerprint density at radius 2 is 1.76 bits per heavy atom. The Labute approximate surface area is 132 Å². The molecule has 0 unspecified atom stereocenters. The number of aryl methyl sites for hydroxylation is 1. The maximum atomic E-state index is 12.7. The maximum Gasteiger partial charge on any atom is 0.241 e. The minimum atomic E-state index is -3.63. The fourth-order valence-electron chi connectivity index (χ4n) is 2.90. The van der Waals surface area contributed by atoms with Crippen LogP contribution in [0.1, 0.15) is 44.1 Å². The summed E-state index contributed by atoms with van der Waals surface area (Å²) in [5, 5.41) is 0. The first-order valence-electron chi connectivity index (χ1n) is 7.27. The lowest BCUT2D eigenvalue weighted by atomic mass is 9.91. The number of hydrogen-bond acceptors (Lipinski definition) is 3. The Morgan fingerprint density at radius 3 is 2.29 bits per heavy atom. The van der Waals surface area contributed by atoms with Crippen molar-refractivity contribution in [2.24, 2.45) is 5.73 Å². The quantitative estimate of drug-likeness (QED) is 0.659. The van der Waals surface area contributed by atoms with Crippen molar-refractivity contribution in [2.75, 3.05) is 0 Å². The molecule has 6 heteroatoms. The molecule has 21 heavy (non-hydrogen) atoms. The lowest BCUT2D eigenvalue weighted by Gasteiger charge is -2.32. The third-order valence-electron chi connectivity index (χ3n) is 4.14. The molecule has 0 saturated heterocycles. The van der Waals surface area contributed by atoms with Crippen LogP contribution in [-0.4, -0.2) is 18.9 Å². The molecule has 0 spiro atoms. The van der Waals surface area contributed by atoms with Crippen molar-refractivity contribution in [1.82, 2.24) is 4.72 Å². The summed E-state index contributed by atoms with van der Waals surface area (Å²) in [7, 11) is -3.63. The van der Waals surface area contributed by atoms with Crippen molar-refractivity contribution in [1.29, 1.82) is 0 Å². The fraction of sp³-hybridized carbons (Fsp3) is 0.533. The number of sulfonamides is 1. The van der Waals surface area contributed by atoms with Crippen molar-refractivity contribution in [3.05, 3.63) is 29.8 Å². The van der Waals surface area contributed by atoms with E-state index in [9.17, 15) is 8.42 Å². The molecule has 0 bridgehead atoms. The normalized spacial score (nSPS) is 18.9. The smallest absolute Gasteiger partial charge is 0.241 e. The molecule has 1 aromatic rings. The zero-order valence-corrected chi connectivity index (χ0v) is 13.9. The summed E-state index contributed by atoms with van der Waals surface area (Å²) in [4.78, 5) is 0.548. The summed E-state index contributed by atoms with van der Waals surface area (Å²) in [6.07, 6.45) is 5.41. The van der Waals surface area contributed by atoms with Gasteiger partial charge in [-0.05, 0) is 31.4 Å². The van der Waals surface area contributed by atoms with E-state index in [1.54, 1.807) is 25.1 Å². The van der Waals surface area contributed by atoms with Crippen LogP contribution in [0.25, 0.3) is 0 Å². The molecule has 1 saturated carbocycles. The van der Waals surface area contributed by atoms with E-state index in [4.69, 9.17) is 18.0 Å². The van der Waals surface area contributed by atoms with Crippen molar-refractivity contribution < 1.29 is 8.42 Å². The summed E-state index contributed by atoms with van der Waals surface area (Å²) < 4.78 is 28.2. The van der Waals surface area contributed by atoms with Gasteiger partial charge in [-0.1, -0.05) is 56.1 Å². The Kier molecular flexibility index (Phi) is 5.01. The molecule has 1 aliphatic carbocycles. The van der Waals surface area contributed by atoms with E-state index in [-0.39, 0.29) is 4.99 Å². The summed E-state index contributed by atoms with van der Waals surface area (Å²) in [5.41, 5.74) is 5.83. The highest BCUT2D eigenvalue weighted by Gasteiger charge is 2.38. The Bertz CT molecular complexity index is 618. The highest BCUT2D eigenvalue weighted by atomic mass is 32.2. The molecule has 116 valence electrons. The molecule has 0 heterocycles. The van der Waals surface area contributed by atoms with Gasteiger partial charge in [-0.15, -0.1) is 0 Å². The zero-order chi connectivity index (χ0) is 15.5. The van der Waals surface area contributed by atoms with Gasteiger partial charge in [0.05, 0.1) is 15.4 Å². The average Bonchev–Trinajstić information content (AvgIpc) is 2.65. The van der Waals surface area contributed by atoms with E-state index in [1.165, 1.54) is 0 Å². The highest BCUT2D eigenvalue weighted by molar-refractivity contribution is 7.89. The zero-order valence-electron chi connectivity index (χ0n) is 12.3. The third kappa shape index (κ3) is 3.62. The number of rotatable bonds is 4. The van der Waals surface area contributed by atoms with Gasteiger partial charge in [-0.2, -0.15) is 4.72 Å². The maximum absolute atomic E-state index is 12.7. The van der Waals surface area contributed by atoms with Crippen molar-refractivity contribution in [2.45, 2.75) is 55.9 Å². The summed E-state index contributed by atoms with van der Waals surface area (Å²) in [6.45, 7) is 1.79. The standard InChI is InChI=1S/C15H22N2O2S2/c1-12-8-4-5-9-13(12)21(18,19)17-15(14(16)20)10-6-2-3-7-11-15/h4-5,8-9,17H,2-3,6-7,10-11H2,1H3,(H2,16,20). The van der Waals surface area contributed by atoms with Crippen LogP contribution in [0.3, 0.4) is 0 Å². The summed E-state index contributed by atoms with van der Waals surface area (Å²) in [5.74, 6) is 0. The molecule has 1 fully saturated rings. The van der Waals surface area contributed by atoms with Gasteiger partial charge in [0, 0.05) is 0 Å². The lowest BCUT2D eigenvalue weighted by Crippen LogP contribution is -2.56. The Balaban J connectivity index is 2.36. The van der Waals surface area contributed by atoms with Crippen molar-refractivity contribution in [3.63, 3.8) is 0 Å². The first kappa shape index (κ1) is 16.4. The number of thiocarbonyl (C=S) groups is 1. The second-order valence-electron chi connectivity index (χ2n) is 5.73. The van der Waals surface area contributed by atoms with Gasteiger partial charge in [0.2, 0.25) is 10.0 Å². The van der Waals surface area contributed by atoms with Crippen LogP contribution in [0.2, 0.25) is 0 Å². The molecule has 0 atom stereocenters. The SMILES string of the molecule is Cc1ccccc1S(=O)(=O)NC1(C(N)=S)CCCCCC1. The molecule has 2 rings (SSSR count). The Hall–Kier alpha value is -0.980. The van der Waals surface area contributed by atoms with Gasteiger partial charge >= 0.3 is 0 Å². The lowest BCUT2D eigenvalue weighted by molar-refractivity contribution is 0.441. The van der Waals surface area contributed by atoms with E-state index in [2.05, 4.69) is 4.72 Å². The van der Waals surface area contributed by atoms with E-state index >= 15 is 0 Å². The van der Waals surface area contributed by atoms with Crippen LogP contribution in [0.15, 0.2) is 29.2 Å². The Morgan fingerprint density at radius 1 is 1.19 bits per heavy atom. The molecule has 1 aliphatic rings. The summed E-state index contributed by atoms with van der Waals surface area (Å²) >= 11 is 5.19. The molecule has 3 N–H and O–H groups in total. The molecule has 0 amide bonds. The monoisotopic (exact) mass is 326 g/mol. The van der Waals surface area contributed by atoms with Gasteiger partial charge in [-0.25, -0.2) is 8.42 Å². The molecular formula is C15H22N2O2S2. The second kappa shape index (κ2) is 6.42. The topological polar surface area (TPSA) is 72.2 Å². The van der Waals surface area contributed by atoms with E-state index in [0.717, 1.165) is 31.2 Å². The van der Waals surface area contributed by atoms with Crippen LogP contribution in [0.5, 0.6) is 0 Å². The molecule has 1 aromatic carbocycles. The first-order chi connectivity index (χ1) is 9.87. The molecule has 0 radical (unpaired) electrons. The largest absolute Gasteiger partial charge is 0.392 e. The van der Waals surface area contributed by atoms with Crippen LogP contribution < -0.4 is 10.5 Å². The predicted octanol–water partition coefficient (Wildman–Crippen LogP) is 2.65. The van der Waals surface area contributed by atoms with Gasteiger partial charge < -0.3 is 5.73 Å². The van der Waals surface area contributed by atoms with Crippen LogP contribution in [0.4, 0.5) is 0 Å². The van der Waals surface area contributed by atoms with E-state index in [0.29, 0.717) is 17.7 Å². The highest BCUT2D eigenvalue weighted by Crippen LogP contribution is 2.29. The van der Waals surface area contributed by atoms with Gasteiger partial charge in [0.25, 0.3) is 0 Å². The van der Waals surface area contributed by atoms with Crippen molar-refractivity contribution >= 4 is 27.2 Å². The minimum Gasteiger partial charge on any atom is -0.392 e.